The number of aliphatic hydroxyl groups is 1. The van der Waals surface area contributed by atoms with E-state index in [2.05, 4.69) is 5.32 Å². The van der Waals surface area contributed by atoms with Gasteiger partial charge in [0.05, 0.1) is 11.6 Å². The van der Waals surface area contributed by atoms with Crippen molar-refractivity contribution in [3.8, 4) is 0 Å². The lowest BCUT2D eigenvalue weighted by Gasteiger charge is -2.20. The Bertz CT molecular complexity index is 896. The van der Waals surface area contributed by atoms with Crippen LogP contribution in [0.3, 0.4) is 0 Å². The van der Waals surface area contributed by atoms with E-state index in [0.29, 0.717) is 5.56 Å². The highest BCUT2D eigenvalue weighted by molar-refractivity contribution is 6.16. The number of benzene rings is 3. The van der Waals surface area contributed by atoms with Crippen molar-refractivity contribution in [2.24, 2.45) is 0 Å². The number of rotatable bonds is 6. The fraction of sp³-hybridized carbons (Fsp3) is 0.0435. The number of hydrogen-bond donors (Lipinski definition) is 3. The number of carbonyl (C=O) groups is 1. The fourth-order valence-electron chi connectivity index (χ4n) is 2.85. The van der Waals surface area contributed by atoms with Gasteiger partial charge in [0.2, 0.25) is 0 Å². The summed E-state index contributed by atoms with van der Waals surface area (Å²) in [5.41, 5.74) is 2.24. The second kappa shape index (κ2) is 8.63. The second-order valence-electron chi connectivity index (χ2n) is 6.00. The summed E-state index contributed by atoms with van der Waals surface area (Å²) in [5, 5.41) is 21.0. The average molecular weight is 356 g/mol. The smallest absolute Gasteiger partial charge is 0.257 e. The highest BCUT2D eigenvalue weighted by atomic mass is 16.3. The summed E-state index contributed by atoms with van der Waals surface area (Å²) < 4.78 is 0. The molecule has 0 atom stereocenters. The fourth-order valence-corrected chi connectivity index (χ4v) is 2.85. The summed E-state index contributed by atoms with van der Waals surface area (Å²) in [6.45, 7) is 0. The van der Waals surface area contributed by atoms with Gasteiger partial charge in [-0.05, 0) is 11.1 Å². The van der Waals surface area contributed by atoms with Gasteiger partial charge in [-0.3, -0.25) is 4.79 Å². The molecule has 4 nitrogen and oxygen atoms in total. The minimum absolute atomic E-state index is 0.0851. The monoisotopic (exact) mass is 356 g/mol. The molecule has 0 aliphatic rings. The lowest BCUT2D eigenvalue weighted by atomic mass is 9.98. The predicted molar refractivity (Wildman–Crippen MR) is 108 cm³/mol. The number of nitrogens with one attached hydrogen (secondary N) is 2. The van der Waals surface area contributed by atoms with Crippen LogP contribution in [0.5, 0.6) is 0 Å². The van der Waals surface area contributed by atoms with Gasteiger partial charge >= 0.3 is 0 Å². The SMILES string of the molecule is N=C/C(C(=O)NC(c1ccccc1)c1ccccc1)=C(\O)c1ccccc1. The Labute approximate surface area is 158 Å². The first-order valence-corrected chi connectivity index (χ1v) is 8.60. The van der Waals surface area contributed by atoms with Crippen molar-refractivity contribution in [1.29, 1.82) is 5.41 Å². The molecule has 0 aliphatic carbocycles. The second-order valence-corrected chi connectivity index (χ2v) is 6.00. The first-order valence-electron chi connectivity index (χ1n) is 8.60. The molecule has 1 amide bonds. The van der Waals surface area contributed by atoms with Crippen LogP contribution in [0.2, 0.25) is 0 Å². The third kappa shape index (κ3) is 4.30. The Balaban J connectivity index is 1.96. The molecule has 0 fully saturated rings. The number of amides is 1. The Kier molecular flexibility index (Phi) is 5.80. The van der Waals surface area contributed by atoms with Crippen molar-refractivity contribution in [2.75, 3.05) is 0 Å². The van der Waals surface area contributed by atoms with Crippen LogP contribution in [-0.4, -0.2) is 17.2 Å². The molecule has 0 radical (unpaired) electrons. The van der Waals surface area contributed by atoms with E-state index in [-0.39, 0.29) is 11.3 Å². The number of aliphatic hydroxyl groups excluding tert-OH is 1. The number of carbonyl (C=O) groups excluding carboxylic acids is 1. The molecule has 3 aromatic carbocycles. The Morgan fingerprint density at radius 3 is 1.70 bits per heavy atom. The van der Waals surface area contributed by atoms with E-state index < -0.39 is 11.9 Å². The van der Waals surface area contributed by atoms with Crippen molar-refractivity contribution in [2.45, 2.75) is 6.04 Å². The highest BCUT2D eigenvalue weighted by Gasteiger charge is 2.21. The molecule has 0 aromatic heterocycles. The van der Waals surface area contributed by atoms with Crippen LogP contribution >= 0.6 is 0 Å². The van der Waals surface area contributed by atoms with Crippen LogP contribution in [0.1, 0.15) is 22.7 Å². The van der Waals surface area contributed by atoms with E-state index in [0.717, 1.165) is 17.3 Å². The lowest BCUT2D eigenvalue weighted by molar-refractivity contribution is -0.117. The predicted octanol–water partition coefficient (Wildman–Crippen LogP) is 4.51. The van der Waals surface area contributed by atoms with Crippen molar-refractivity contribution in [1.82, 2.24) is 5.32 Å². The zero-order valence-corrected chi connectivity index (χ0v) is 14.7. The molecular formula is C23H20N2O2. The molecule has 3 rings (SSSR count). The quantitative estimate of drug-likeness (QED) is 0.345. The van der Waals surface area contributed by atoms with Gasteiger partial charge in [-0.2, -0.15) is 0 Å². The minimum Gasteiger partial charge on any atom is -0.506 e. The molecule has 0 saturated heterocycles. The summed E-state index contributed by atoms with van der Waals surface area (Å²) in [5.74, 6) is -0.730. The van der Waals surface area contributed by atoms with E-state index in [4.69, 9.17) is 5.41 Å². The third-order valence-corrected chi connectivity index (χ3v) is 4.23. The van der Waals surface area contributed by atoms with Gasteiger partial charge in [-0.25, -0.2) is 0 Å². The maximum absolute atomic E-state index is 12.9. The molecule has 0 spiro atoms. The van der Waals surface area contributed by atoms with Gasteiger partial charge in [0, 0.05) is 11.8 Å². The molecule has 4 heteroatoms. The van der Waals surface area contributed by atoms with E-state index >= 15 is 0 Å². The summed E-state index contributed by atoms with van der Waals surface area (Å²) in [7, 11) is 0. The third-order valence-electron chi connectivity index (χ3n) is 4.23. The van der Waals surface area contributed by atoms with Crippen LogP contribution in [0.4, 0.5) is 0 Å². The van der Waals surface area contributed by atoms with Crippen LogP contribution in [0, 0.1) is 5.41 Å². The van der Waals surface area contributed by atoms with Gasteiger partial charge in [-0.1, -0.05) is 91.0 Å². The largest absolute Gasteiger partial charge is 0.506 e. The van der Waals surface area contributed by atoms with E-state index in [1.165, 1.54) is 0 Å². The van der Waals surface area contributed by atoms with Gasteiger partial charge < -0.3 is 15.8 Å². The molecule has 27 heavy (non-hydrogen) atoms. The standard InChI is InChI=1S/C23H20N2O2/c24-16-20(22(26)19-14-8-3-9-15-19)23(27)25-21(17-10-4-1-5-11-17)18-12-6-2-7-13-18/h1-16,21,24,26H,(H,25,27)/b22-20+,24-16?. The van der Waals surface area contributed by atoms with E-state index in [9.17, 15) is 9.90 Å². The van der Waals surface area contributed by atoms with Gasteiger partial charge in [0.15, 0.2) is 0 Å². The average Bonchev–Trinajstić information content (AvgIpc) is 2.74. The van der Waals surface area contributed by atoms with Crippen molar-refractivity contribution in [3.63, 3.8) is 0 Å². The Morgan fingerprint density at radius 2 is 1.26 bits per heavy atom. The molecule has 3 N–H and O–H groups in total. The van der Waals surface area contributed by atoms with Gasteiger partial charge in [-0.15, -0.1) is 0 Å². The zero-order valence-electron chi connectivity index (χ0n) is 14.7. The molecule has 134 valence electrons. The van der Waals surface area contributed by atoms with Crippen LogP contribution < -0.4 is 5.32 Å². The maximum atomic E-state index is 12.9. The van der Waals surface area contributed by atoms with E-state index in [1.807, 2.05) is 66.7 Å². The maximum Gasteiger partial charge on any atom is 0.257 e. The molecule has 0 saturated carbocycles. The van der Waals surface area contributed by atoms with Crippen LogP contribution in [0.25, 0.3) is 5.76 Å². The van der Waals surface area contributed by atoms with Crippen molar-refractivity contribution >= 4 is 17.9 Å². The van der Waals surface area contributed by atoms with Crippen LogP contribution in [0.15, 0.2) is 96.6 Å². The summed E-state index contributed by atoms with van der Waals surface area (Å²) in [6.07, 6.45) is 0.880. The topological polar surface area (TPSA) is 73.2 Å². The Hall–Kier alpha value is -3.66. The van der Waals surface area contributed by atoms with Gasteiger partial charge in [0.1, 0.15) is 5.76 Å². The van der Waals surface area contributed by atoms with Crippen molar-refractivity contribution in [3.05, 3.63) is 113 Å². The minimum atomic E-state index is -0.510. The molecular weight excluding hydrogens is 336 g/mol. The lowest BCUT2D eigenvalue weighted by Crippen LogP contribution is -2.31. The summed E-state index contributed by atoms with van der Waals surface area (Å²) in [6, 6.07) is 27.5. The molecule has 0 bridgehead atoms. The van der Waals surface area contributed by atoms with Crippen LogP contribution in [-0.2, 0) is 4.79 Å². The highest BCUT2D eigenvalue weighted by Crippen LogP contribution is 2.23. The first-order chi connectivity index (χ1) is 13.2. The summed E-state index contributed by atoms with van der Waals surface area (Å²) >= 11 is 0. The number of hydrogen-bond acceptors (Lipinski definition) is 3. The Morgan fingerprint density at radius 1 is 0.815 bits per heavy atom. The normalized spacial score (nSPS) is 11.6. The van der Waals surface area contributed by atoms with E-state index in [1.54, 1.807) is 24.3 Å². The molecule has 0 heterocycles. The summed E-state index contributed by atoms with van der Waals surface area (Å²) in [4.78, 5) is 12.9. The van der Waals surface area contributed by atoms with Gasteiger partial charge in [0.25, 0.3) is 5.91 Å². The molecule has 0 unspecified atom stereocenters. The first kappa shape index (κ1) is 18.1. The molecule has 0 aliphatic heterocycles. The zero-order chi connectivity index (χ0) is 19.1. The molecule has 3 aromatic rings. The van der Waals surface area contributed by atoms with Crippen molar-refractivity contribution < 1.29 is 9.90 Å².